The largest absolute Gasteiger partial charge is 0.377 e. The lowest BCUT2D eigenvalue weighted by Gasteiger charge is -2.10. The van der Waals surface area contributed by atoms with Gasteiger partial charge in [-0.3, -0.25) is 4.67 Å². The van der Waals surface area contributed by atoms with E-state index in [4.69, 9.17) is 4.74 Å². The van der Waals surface area contributed by atoms with E-state index in [1.54, 1.807) is 0 Å². The lowest BCUT2D eigenvalue weighted by Crippen LogP contribution is -2.09. The van der Waals surface area contributed by atoms with Crippen LogP contribution in [0.15, 0.2) is 30.3 Å². The van der Waals surface area contributed by atoms with Gasteiger partial charge in [0.2, 0.25) is 0 Å². The lowest BCUT2D eigenvalue weighted by atomic mass is 10.1. The zero-order valence-electron chi connectivity index (χ0n) is 11.6. The van der Waals surface area contributed by atoms with Crippen molar-refractivity contribution in [3.63, 3.8) is 0 Å². The first-order chi connectivity index (χ1) is 8.84. The molecule has 2 nitrogen and oxygen atoms in total. The molecule has 2 unspecified atom stereocenters. The van der Waals surface area contributed by atoms with Gasteiger partial charge in [0.25, 0.3) is 0 Å². The van der Waals surface area contributed by atoms with Gasteiger partial charge < -0.3 is 4.74 Å². The molecule has 3 heteroatoms. The molecule has 1 aliphatic rings. The van der Waals surface area contributed by atoms with Crippen molar-refractivity contribution >= 4 is 9.39 Å². The van der Waals surface area contributed by atoms with Gasteiger partial charge in [-0.1, -0.05) is 53.6 Å². The fourth-order valence-corrected chi connectivity index (χ4v) is 2.56. The number of hydrogen-bond acceptors (Lipinski definition) is 2. The van der Waals surface area contributed by atoms with Crippen LogP contribution in [0.3, 0.4) is 0 Å². The summed E-state index contributed by atoms with van der Waals surface area (Å²) in [6.07, 6.45) is 2.51. The number of benzene rings is 1. The van der Waals surface area contributed by atoms with Crippen LogP contribution in [0.2, 0.25) is 0 Å². The Hall–Kier alpha value is -0.430. The topological polar surface area (TPSA) is 12.5 Å². The van der Waals surface area contributed by atoms with E-state index < -0.39 is 0 Å². The monoisotopic (exact) mass is 267 g/mol. The summed E-state index contributed by atoms with van der Waals surface area (Å²) >= 11 is 0. The molecule has 0 radical (unpaired) electrons. The van der Waals surface area contributed by atoms with E-state index in [2.05, 4.69) is 38.3 Å². The molecular weight excluding hydrogens is 241 g/mol. The number of ether oxygens (including phenoxy) is 1. The van der Waals surface area contributed by atoms with Crippen LogP contribution in [-0.2, 0) is 11.3 Å². The SMILES string of the molecule is CC.PN1CCC(CCOCc2ccccc2)C1. The highest BCUT2D eigenvalue weighted by atomic mass is 31.0. The molecule has 1 aliphatic heterocycles. The molecular formula is C15H26NOP. The summed E-state index contributed by atoms with van der Waals surface area (Å²) in [6.45, 7) is 8.06. The number of hydrogen-bond donors (Lipinski definition) is 0. The van der Waals surface area contributed by atoms with Crippen LogP contribution in [-0.4, -0.2) is 24.4 Å². The van der Waals surface area contributed by atoms with E-state index in [9.17, 15) is 0 Å². The van der Waals surface area contributed by atoms with E-state index >= 15 is 0 Å². The van der Waals surface area contributed by atoms with E-state index in [0.29, 0.717) is 0 Å². The standard InChI is InChI=1S/C13H20NOP.C2H6/c16-14-8-6-12(10-14)7-9-15-11-13-4-2-1-3-5-13;1-2/h1-5,12H,6-11,16H2;1-2H3. The molecule has 1 aromatic carbocycles. The maximum Gasteiger partial charge on any atom is 0.0716 e. The first-order valence-electron chi connectivity index (χ1n) is 6.96. The molecule has 102 valence electrons. The number of rotatable bonds is 5. The molecule has 18 heavy (non-hydrogen) atoms. The third-order valence-electron chi connectivity index (χ3n) is 3.10. The van der Waals surface area contributed by atoms with Crippen LogP contribution < -0.4 is 0 Å². The highest BCUT2D eigenvalue weighted by Gasteiger charge is 2.18. The van der Waals surface area contributed by atoms with Crippen LogP contribution in [0.4, 0.5) is 0 Å². The van der Waals surface area contributed by atoms with Crippen molar-refractivity contribution < 1.29 is 4.74 Å². The fraction of sp³-hybridized carbons (Fsp3) is 0.600. The second-order valence-electron chi connectivity index (χ2n) is 4.48. The zero-order valence-corrected chi connectivity index (χ0v) is 12.8. The fourth-order valence-electron chi connectivity index (χ4n) is 2.11. The highest BCUT2D eigenvalue weighted by molar-refractivity contribution is 7.13. The third kappa shape index (κ3) is 5.95. The summed E-state index contributed by atoms with van der Waals surface area (Å²) in [5.74, 6) is 0.827. The molecule has 2 rings (SSSR count). The molecule has 0 spiro atoms. The van der Waals surface area contributed by atoms with E-state index in [-0.39, 0.29) is 0 Å². The average molecular weight is 267 g/mol. The Morgan fingerprint density at radius 3 is 2.61 bits per heavy atom. The van der Waals surface area contributed by atoms with Gasteiger partial charge >= 0.3 is 0 Å². The molecule has 0 bridgehead atoms. The molecule has 0 amide bonds. The second-order valence-corrected chi connectivity index (χ2v) is 5.21. The summed E-state index contributed by atoms with van der Waals surface area (Å²) in [5, 5.41) is 0. The Kier molecular flexibility index (Phi) is 8.24. The molecule has 0 saturated carbocycles. The predicted octanol–water partition coefficient (Wildman–Crippen LogP) is 3.73. The van der Waals surface area contributed by atoms with Crippen LogP contribution in [0.25, 0.3) is 0 Å². The molecule has 1 heterocycles. The van der Waals surface area contributed by atoms with Crippen molar-refractivity contribution in [1.82, 2.24) is 4.67 Å². The van der Waals surface area contributed by atoms with E-state index in [0.717, 1.165) is 19.1 Å². The van der Waals surface area contributed by atoms with Gasteiger partial charge in [0, 0.05) is 19.7 Å². The van der Waals surface area contributed by atoms with Crippen molar-refractivity contribution in [2.24, 2.45) is 5.92 Å². The minimum absolute atomic E-state index is 0.748. The molecule has 0 aromatic heterocycles. The predicted molar refractivity (Wildman–Crippen MR) is 81.5 cm³/mol. The second kappa shape index (κ2) is 9.49. The number of nitrogens with zero attached hydrogens (tertiary/aromatic N) is 1. The minimum Gasteiger partial charge on any atom is -0.377 e. The third-order valence-corrected chi connectivity index (χ3v) is 3.57. The molecule has 2 atom stereocenters. The highest BCUT2D eigenvalue weighted by Crippen LogP contribution is 2.21. The average Bonchev–Trinajstić information content (AvgIpc) is 2.84. The summed E-state index contributed by atoms with van der Waals surface area (Å²) in [5.41, 5.74) is 1.27. The van der Waals surface area contributed by atoms with Crippen molar-refractivity contribution in [1.29, 1.82) is 0 Å². The first-order valence-corrected chi connectivity index (χ1v) is 7.47. The summed E-state index contributed by atoms with van der Waals surface area (Å²) in [4.78, 5) is 0. The molecule has 1 aromatic rings. The minimum atomic E-state index is 0.748. The Morgan fingerprint density at radius 2 is 2.00 bits per heavy atom. The molecule has 0 N–H and O–H groups in total. The smallest absolute Gasteiger partial charge is 0.0716 e. The Balaban J connectivity index is 0.000000771. The van der Waals surface area contributed by atoms with E-state index in [1.165, 1.54) is 31.5 Å². The van der Waals surface area contributed by atoms with Crippen molar-refractivity contribution in [3.8, 4) is 0 Å². The first kappa shape index (κ1) is 15.6. The zero-order chi connectivity index (χ0) is 13.2. The Bertz CT molecular complexity index is 305. The van der Waals surface area contributed by atoms with Crippen LogP contribution in [0.5, 0.6) is 0 Å². The summed E-state index contributed by atoms with van der Waals surface area (Å²) < 4.78 is 8.01. The van der Waals surface area contributed by atoms with Crippen molar-refractivity contribution in [2.45, 2.75) is 33.3 Å². The summed E-state index contributed by atoms with van der Waals surface area (Å²) in [7, 11) is 2.78. The van der Waals surface area contributed by atoms with Gasteiger partial charge in [0.05, 0.1) is 6.61 Å². The molecule has 1 saturated heterocycles. The van der Waals surface area contributed by atoms with Gasteiger partial charge in [-0.15, -0.1) is 0 Å². The molecule has 1 fully saturated rings. The van der Waals surface area contributed by atoms with Crippen molar-refractivity contribution in [2.75, 3.05) is 19.7 Å². The van der Waals surface area contributed by atoms with Gasteiger partial charge in [-0.2, -0.15) is 0 Å². The Labute approximate surface area is 114 Å². The van der Waals surface area contributed by atoms with Crippen LogP contribution >= 0.6 is 9.39 Å². The quantitative estimate of drug-likeness (QED) is 0.595. The van der Waals surface area contributed by atoms with Gasteiger partial charge in [-0.25, -0.2) is 0 Å². The van der Waals surface area contributed by atoms with E-state index in [1.807, 2.05) is 19.9 Å². The van der Waals surface area contributed by atoms with Crippen LogP contribution in [0, 0.1) is 5.92 Å². The summed E-state index contributed by atoms with van der Waals surface area (Å²) in [6, 6.07) is 10.4. The maximum atomic E-state index is 5.69. The maximum absolute atomic E-state index is 5.69. The van der Waals surface area contributed by atoms with Crippen LogP contribution in [0.1, 0.15) is 32.3 Å². The molecule has 0 aliphatic carbocycles. The van der Waals surface area contributed by atoms with Gasteiger partial charge in [-0.05, 0) is 24.3 Å². The lowest BCUT2D eigenvalue weighted by molar-refractivity contribution is 0.108. The Morgan fingerprint density at radius 1 is 1.28 bits per heavy atom. The normalized spacial score (nSPS) is 19.4. The van der Waals surface area contributed by atoms with Gasteiger partial charge in [0.15, 0.2) is 0 Å². The van der Waals surface area contributed by atoms with Crippen molar-refractivity contribution in [3.05, 3.63) is 35.9 Å². The van der Waals surface area contributed by atoms with Gasteiger partial charge in [0.1, 0.15) is 0 Å².